The first-order valence-electron chi connectivity index (χ1n) is 9.94. The number of hydrogen-bond donors (Lipinski definition) is 1. The number of pyridine rings is 1. The topological polar surface area (TPSA) is 60.5 Å². The lowest BCUT2D eigenvalue weighted by Gasteiger charge is -2.16. The third kappa shape index (κ3) is 3.80. The van der Waals surface area contributed by atoms with E-state index in [0.29, 0.717) is 27.8 Å². The maximum absolute atomic E-state index is 13.3. The quantitative estimate of drug-likeness (QED) is 0.446. The first kappa shape index (κ1) is 19.4. The Bertz CT molecular complexity index is 1290. The van der Waals surface area contributed by atoms with Crippen molar-refractivity contribution >= 4 is 28.4 Å². The molecule has 1 amide bonds. The zero-order chi connectivity index (χ0) is 21.4. The summed E-state index contributed by atoms with van der Waals surface area (Å²) in [5.74, 6) is 1.22. The molecule has 154 valence electrons. The van der Waals surface area contributed by atoms with E-state index >= 15 is 0 Å². The lowest BCUT2D eigenvalue weighted by molar-refractivity contribution is 0.0941. The third-order valence-corrected chi connectivity index (χ3v) is 5.60. The second-order valence-electron chi connectivity index (χ2n) is 7.39. The highest BCUT2D eigenvalue weighted by molar-refractivity contribution is 6.30. The average Bonchev–Trinajstić information content (AvgIpc) is 3.26. The van der Waals surface area contributed by atoms with Crippen molar-refractivity contribution in [2.75, 3.05) is 6.79 Å². The number of hydrogen-bond acceptors (Lipinski definition) is 4. The minimum Gasteiger partial charge on any atom is -0.454 e. The molecule has 0 saturated carbocycles. The van der Waals surface area contributed by atoms with Crippen molar-refractivity contribution in [3.8, 4) is 22.8 Å². The molecule has 0 radical (unpaired) electrons. The van der Waals surface area contributed by atoms with Crippen molar-refractivity contribution < 1.29 is 14.3 Å². The van der Waals surface area contributed by atoms with E-state index in [0.717, 1.165) is 22.0 Å². The highest BCUT2D eigenvalue weighted by Gasteiger charge is 2.19. The van der Waals surface area contributed by atoms with E-state index in [9.17, 15) is 4.79 Å². The fourth-order valence-electron chi connectivity index (χ4n) is 3.68. The molecule has 1 aliphatic rings. The van der Waals surface area contributed by atoms with Gasteiger partial charge in [-0.15, -0.1) is 0 Å². The summed E-state index contributed by atoms with van der Waals surface area (Å²) in [5.41, 5.74) is 3.85. The molecule has 31 heavy (non-hydrogen) atoms. The van der Waals surface area contributed by atoms with Gasteiger partial charge in [0.2, 0.25) is 6.79 Å². The molecule has 0 bridgehead atoms. The second kappa shape index (κ2) is 7.93. The van der Waals surface area contributed by atoms with Gasteiger partial charge in [0, 0.05) is 16.0 Å². The van der Waals surface area contributed by atoms with E-state index < -0.39 is 0 Å². The van der Waals surface area contributed by atoms with E-state index in [1.807, 2.05) is 79.7 Å². The van der Waals surface area contributed by atoms with Crippen molar-refractivity contribution in [3.63, 3.8) is 0 Å². The summed E-state index contributed by atoms with van der Waals surface area (Å²) in [4.78, 5) is 18.0. The first-order chi connectivity index (χ1) is 15.1. The maximum atomic E-state index is 13.3. The van der Waals surface area contributed by atoms with Crippen molar-refractivity contribution in [1.29, 1.82) is 0 Å². The Hall–Kier alpha value is -3.57. The van der Waals surface area contributed by atoms with E-state index in [1.54, 1.807) is 0 Å². The van der Waals surface area contributed by atoms with Crippen LogP contribution in [0.5, 0.6) is 11.5 Å². The zero-order valence-electron chi connectivity index (χ0n) is 16.8. The van der Waals surface area contributed by atoms with Crippen LogP contribution in [0.4, 0.5) is 0 Å². The second-order valence-corrected chi connectivity index (χ2v) is 7.82. The van der Waals surface area contributed by atoms with Crippen LogP contribution in [0, 0.1) is 0 Å². The molecule has 0 unspecified atom stereocenters. The van der Waals surface area contributed by atoms with Gasteiger partial charge in [0.1, 0.15) is 0 Å². The van der Waals surface area contributed by atoms with E-state index in [4.69, 9.17) is 26.1 Å². The number of nitrogens with zero attached hydrogens (tertiary/aromatic N) is 1. The van der Waals surface area contributed by atoms with Crippen molar-refractivity contribution in [3.05, 3.63) is 88.9 Å². The smallest absolute Gasteiger partial charge is 0.252 e. The number of aromatic nitrogens is 1. The number of carbonyl (C=O) groups is 1. The van der Waals surface area contributed by atoms with E-state index in [-0.39, 0.29) is 18.7 Å². The highest BCUT2D eigenvalue weighted by atomic mass is 35.5. The molecule has 1 atom stereocenters. The monoisotopic (exact) mass is 430 g/mol. The number of amides is 1. The molecule has 2 heterocycles. The van der Waals surface area contributed by atoms with Gasteiger partial charge in [-0.3, -0.25) is 4.79 Å². The summed E-state index contributed by atoms with van der Waals surface area (Å²) in [7, 11) is 0. The van der Waals surface area contributed by atoms with Crippen LogP contribution in [-0.4, -0.2) is 17.7 Å². The average molecular weight is 431 g/mol. The summed E-state index contributed by atoms with van der Waals surface area (Å²) in [6.07, 6.45) is 0. The van der Waals surface area contributed by atoms with Crippen LogP contribution in [0.2, 0.25) is 5.02 Å². The molecule has 0 spiro atoms. The van der Waals surface area contributed by atoms with Crippen LogP contribution < -0.4 is 14.8 Å². The number of halogens is 1. The molecule has 6 heteroatoms. The van der Waals surface area contributed by atoms with Crippen LogP contribution in [0.25, 0.3) is 22.2 Å². The predicted molar refractivity (Wildman–Crippen MR) is 121 cm³/mol. The predicted octanol–water partition coefficient (Wildman–Crippen LogP) is 5.77. The Morgan fingerprint density at radius 3 is 2.61 bits per heavy atom. The Kier molecular flexibility index (Phi) is 4.96. The van der Waals surface area contributed by atoms with E-state index in [2.05, 4.69) is 5.32 Å². The molecule has 1 aromatic heterocycles. The van der Waals surface area contributed by atoms with Gasteiger partial charge in [0.15, 0.2) is 11.5 Å². The molecular formula is C25H19ClN2O3. The summed E-state index contributed by atoms with van der Waals surface area (Å²) < 4.78 is 10.9. The van der Waals surface area contributed by atoms with Gasteiger partial charge in [-0.25, -0.2) is 4.98 Å². The Balaban J connectivity index is 1.53. The normalized spacial score (nSPS) is 13.2. The molecular weight excluding hydrogens is 412 g/mol. The van der Waals surface area contributed by atoms with Crippen molar-refractivity contribution in [2.24, 2.45) is 0 Å². The lowest BCUT2D eigenvalue weighted by Crippen LogP contribution is -2.27. The number of carbonyl (C=O) groups excluding carboxylic acids is 1. The van der Waals surface area contributed by atoms with Gasteiger partial charge in [0.05, 0.1) is 22.8 Å². The molecule has 0 fully saturated rings. The van der Waals surface area contributed by atoms with Crippen LogP contribution in [0.3, 0.4) is 0 Å². The van der Waals surface area contributed by atoms with Gasteiger partial charge in [-0.1, -0.05) is 41.9 Å². The van der Waals surface area contributed by atoms with Crippen LogP contribution in [0.1, 0.15) is 28.9 Å². The maximum Gasteiger partial charge on any atom is 0.252 e. The Morgan fingerprint density at radius 2 is 1.77 bits per heavy atom. The number of fused-ring (bicyclic) bond motifs is 2. The number of nitrogens with one attached hydrogen (secondary N) is 1. The van der Waals surface area contributed by atoms with Gasteiger partial charge in [-0.05, 0) is 55.0 Å². The van der Waals surface area contributed by atoms with Gasteiger partial charge >= 0.3 is 0 Å². The van der Waals surface area contributed by atoms with Crippen LogP contribution >= 0.6 is 11.6 Å². The molecule has 1 N–H and O–H groups in total. The third-order valence-electron chi connectivity index (χ3n) is 5.35. The van der Waals surface area contributed by atoms with Crippen LogP contribution in [0.15, 0.2) is 72.8 Å². The fourth-order valence-corrected chi connectivity index (χ4v) is 3.80. The Labute approximate surface area is 184 Å². The first-order valence-corrected chi connectivity index (χ1v) is 10.3. The summed E-state index contributed by atoms with van der Waals surface area (Å²) in [5, 5.41) is 4.55. The summed E-state index contributed by atoms with van der Waals surface area (Å²) in [6.45, 7) is 2.16. The minimum atomic E-state index is -0.175. The molecule has 0 aliphatic carbocycles. The highest BCUT2D eigenvalue weighted by Crippen LogP contribution is 2.36. The van der Waals surface area contributed by atoms with Gasteiger partial charge < -0.3 is 14.8 Å². The fraction of sp³-hybridized carbons (Fsp3) is 0.120. The van der Waals surface area contributed by atoms with Crippen LogP contribution in [-0.2, 0) is 0 Å². The Morgan fingerprint density at radius 1 is 1.00 bits per heavy atom. The van der Waals surface area contributed by atoms with Crippen molar-refractivity contribution in [1.82, 2.24) is 10.3 Å². The van der Waals surface area contributed by atoms with Gasteiger partial charge in [-0.2, -0.15) is 0 Å². The summed E-state index contributed by atoms with van der Waals surface area (Å²) in [6, 6.07) is 22.4. The standard InChI is InChI=1S/C25H19ClN2O3/c1-15(16-6-9-18(26)10-7-16)27-25(29)20-13-22(28-21-5-3-2-4-19(20)21)17-8-11-23-24(12-17)31-14-30-23/h2-13,15H,14H2,1H3,(H,27,29)/t15-/m0/s1. The number of ether oxygens (including phenoxy) is 2. The largest absolute Gasteiger partial charge is 0.454 e. The lowest BCUT2D eigenvalue weighted by atomic mass is 10.0. The summed E-state index contributed by atoms with van der Waals surface area (Å²) >= 11 is 5.98. The van der Waals surface area contributed by atoms with E-state index in [1.165, 1.54) is 0 Å². The number of rotatable bonds is 4. The minimum absolute atomic E-state index is 0.164. The molecule has 1 aliphatic heterocycles. The zero-order valence-corrected chi connectivity index (χ0v) is 17.5. The number of para-hydroxylation sites is 1. The van der Waals surface area contributed by atoms with Crippen molar-refractivity contribution in [2.45, 2.75) is 13.0 Å². The molecule has 4 aromatic rings. The number of benzene rings is 3. The van der Waals surface area contributed by atoms with Gasteiger partial charge in [0.25, 0.3) is 5.91 Å². The molecule has 0 saturated heterocycles. The molecule has 3 aromatic carbocycles. The SMILES string of the molecule is C[C@H](NC(=O)c1cc(-c2ccc3c(c2)OCO3)nc2ccccc12)c1ccc(Cl)cc1. The molecule has 5 nitrogen and oxygen atoms in total. The molecule has 5 rings (SSSR count).